The van der Waals surface area contributed by atoms with Gasteiger partial charge in [-0.25, -0.2) is 4.98 Å². The van der Waals surface area contributed by atoms with E-state index in [1.807, 2.05) is 42.5 Å². The molecule has 2 fully saturated rings. The van der Waals surface area contributed by atoms with Crippen LogP contribution in [0.3, 0.4) is 0 Å². The number of hydrogen-bond acceptors (Lipinski definition) is 4. The highest BCUT2D eigenvalue weighted by molar-refractivity contribution is 9.10. The van der Waals surface area contributed by atoms with Gasteiger partial charge in [0.25, 0.3) is 0 Å². The average molecular weight is 441 g/mol. The Kier molecular flexibility index (Phi) is 4.48. The zero-order chi connectivity index (χ0) is 19.1. The number of rotatable bonds is 4. The van der Waals surface area contributed by atoms with Crippen molar-refractivity contribution in [2.45, 2.75) is 37.0 Å². The average Bonchev–Trinajstić information content (AvgIpc) is 3.48. The first-order chi connectivity index (χ1) is 13.6. The largest absolute Gasteiger partial charge is 0.440 e. The fourth-order valence-corrected chi connectivity index (χ4v) is 4.18. The first kappa shape index (κ1) is 17.9. The molecule has 1 aliphatic carbocycles. The van der Waals surface area contributed by atoms with Crippen molar-refractivity contribution in [3.05, 3.63) is 58.4 Å². The summed E-state index contributed by atoms with van der Waals surface area (Å²) in [4.78, 5) is 18.0. The van der Waals surface area contributed by atoms with Gasteiger partial charge in [-0.1, -0.05) is 28.1 Å². The van der Waals surface area contributed by atoms with Gasteiger partial charge in [0.1, 0.15) is 5.52 Å². The molecular formula is C22H21BrN2O3. The van der Waals surface area contributed by atoms with Crippen molar-refractivity contribution >= 4 is 38.6 Å². The molecule has 28 heavy (non-hydrogen) atoms. The van der Waals surface area contributed by atoms with Crippen LogP contribution in [0.15, 0.2) is 51.4 Å². The van der Waals surface area contributed by atoms with Crippen molar-refractivity contribution < 1.29 is 13.9 Å². The van der Waals surface area contributed by atoms with Crippen LogP contribution in [-0.4, -0.2) is 24.1 Å². The lowest BCUT2D eigenvalue weighted by atomic mass is 9.73. The molecule has 144 valence electrons. The van der Waals surface area contributed by atoms with E-state index in [-0.39, 0.29) is 5.91 Å². The minimum atomic E-state index is -0.586. The van der Waals surface area contributed by atoms with Crippen molar-refractivity contribution in [3.8, 4) is 0 Å². The Hall–Kier alpha value is -2.18. The highest BCUT2D eigenvalue weighted by Crippen LogP contribution is 2.41. The van der Waals surface area contributed by atoms with Crippen LogP contribution in [0.4, 0.5) is 5.69 Å². The highest BCUT2D eigenvalue weighted by atomic mass is 79.9. The van der Waals surface area contributed by atoms with E-state index >= 15 is 0 Å². The van der Waals surface area contributed by atoms with Crippen molar-refractivity contribution in [3.63, 3.8) is 0 Å². The Bertz CT molecular complexity index is 1020. The van der Waals surface area contributed by atoms with Gasteiger partial charge >= 0.3 is 0 Å². The molecule has 2 aromatic carbocycles. The van der Waals surface area contributed by atoms with E-state index in [1.165, 1.54) is 0 Å². The van der Waals surface area contributed by atoms with E-state index < -0.39 is 5.41 Å². The fraction of sp³-hybridized carbons (Fsp3) is 0.364. The summed E-state index contributed by atoms with van der Waals surface area (Å²) < 4.78 is 12.4. The third-order valence-corrected chi connectivity index (χ3v) is 6.30. The zero-order valence-electron chi connectivity index (χ0n) is 15.4. The normalized spacial score (nSPS) is 18.9. The summed E-state index contributed by atoms with van der Waals surface area (Å²) in [6, 6.07) is 13.7. The number of ether oxygens (including phenoxy) is 1. The standard InChI is InChI=1S/C22H21BrN2O3/c23-16-5-3-15(4-6-16)22(9-11-27-12-10-22)21(26)24-17-7-8-19-18(13-17)25-20(28-19)14-1-2-14/h3-8,13-14H,1-2,9-12H2,(H,24,26). The van der Waals surface area contributed by atoms with E-state index in [1.54, 1.807) is 0 Å². The lowest BCUT2D eigenvalue weighted by Crippen LogP contribution is -2.44. The number of halogens is 1. The molecule has 2 heterocycles. The summed E-state index contributed by atoms with van der Waals surface area (Å²) in [5, 5.41) is 3.12. The highest BCUT2D eigenvalue weighted by Gasteiger charge is 2.41. The SMILES string of the molecule is O=C(Nc1ccc2oc(C3CC3)nc2c1)C1(c2ccc(Br)cc2)CCOCC1. The van der Waals surface area contributed by atoms with E-state index in [2.05, 4.69) is 26.2 Å². The molecular weight excluding hydrogens is 420 g/mol. The predicted molar refractivity (Wildman–Crippen MR) is 110 cm³/mol. The van der Waals surface area contributed by atoms with E-state index in [4.69, 9.17) is 9.15 Å². The number of benzene rings is 2. The summed E-state index contributed by atoms with van der Waals surface area (Å²) in [6.45, 7) is 1.16. The van der Waals surface area contributed by atoms with Crippen LogP contribution in [0.1, 0.15) is 43.1 Å². The summed E-state index contributed by atoms with van der Waals surface area (Å²) in [5.74, 6) is 1.28. The predicted octanol–water partition coefficient (Wildman–Crippen LogP) is 5.15. The first-order valence-electron chi connectivity index (χ1n) is 9.70. The molecule has 1 aromatic heterocycles. The lowest BCUT2D eigenvalue weighted by molar-refractivity contribution is -0.125. The Labute approximate surface area is 171 Å². The van der Waals surface area contributed by atoms with Crippen molar-refractivity contribution in [1.82, 2.24) is 4.98 Å². The number of nitrogens with zero attached hydrogens (tertiary/aromatic N) is 1. The Morgan fingerprint density at radius 2 is 1.86 bits per heavy atom. The zero-order valence-corrected chi connectivity index (χ0v) is 17.0. The van der Waals surface area contributed by atoms with Crippen LogP contribution in [0.2, 0.25) is 0 Å². The van der Waals surface area contributed by atoms with Gasteiger partial charge in [0.2, 0.25) is 5.91 Å². The number of amides is 1. The molecule has 3 aromatic rings. The summed E-state index contributed by atoms with van der Waals surface area (Å²) in [5.41, 5.74) is 2.75. The van der Waals surface area contributed by atoms with Crippen LogP contribution in [-0.2, 0) is 14.9 Å². The number of hydrogen-bond donors (Lipinski definition) is 1. The van der Waals surface area contributed by atoms with E-state index in [0.717, 1.165) is 45.6 Å². The molecule has 6 heteroatoms. The van der Waals surface area contributed by atoms with Gasteiger partial charge in [0, 0.05) is 29.3 Å². The minimum absolute atomic E-state index is 0.00313. The minimum Gasteiger partial charge on any atom is -0.440 e. The number of aromatic nitrogens is 1. The van der Waals surface area contributed by atoms with Gasteiger partial charge in [-0.15, -0.1) is 0 Å². The number of carbonyl (C=O) groups excluding carboxylic acids is 1. The molecule has 1 saturated heterocycles. The second-order valence-corrected chi connectivity index (χ2v) is 8.58. The Balaban J connectivity index is 1.44. The first-order valence-corrected chi connectivity index (χ1v) is 10.5. The maximum Gasteiger partial charge on any atom is 0.235 e. The third kappa shape index (κ3) is 3.25. The molecule has 1 saturated carbocycles. The molecule has 1 aliphatic heterocycles. The van der Waals surface area contributed by atoms with Gasteiger partial charge in [0.15, 0.2) is 11.5 Å². The molecule has 0 spiro atoms. The molecule has 5 nitrogen and oxygen atoms in total. The van der Waals surface area contributed by atoms with Crippen molar-refractivity contribution in [2.24, 2.45) is 0 Å². The Morgan fingerprint density at radius 1 is 1.11 bits per heavy atom. The monoisotopic (exact) mass is 440 g/mol. The lowest BCUT2D eigenvalue weighted by Gasteiger charge is -2.36. The smallest absolute Gasteiger partial charge is 0.235 e. The number of nitrogens with one attached hydrogen (secondary N) is 1. The van der Waals surface area contributed by atoms with Crippen molar-refractivity contribution in [1.29, 1.82) is 0 Å². The van der Waals surface area contributed by atoms with E-state index in [0.29, 0.717) is 32.0 Å². The van der Waals surface area contributed by atoms with Crippen LogP contribution in [0.25, 0.3) is 11.1 Å². The summed E-state index contributed by atoms with van der Waals surface area (Å²) in [6.07, 6.45) is 3.62. The molecule has 0 atom stereocenters. The van der Waals surface area contributed by atoms with Crippen molar-refractivity contribution in [2.75, 3.05) is 18.5 Å². The van der Waals surface area contributed by atoms with Gasteiger partial charge in [-0.05, 0) is 61.6 Å². The number of carbonyl (C=O) groups is 1. The molecule has 2 aliphatic rings. The topological polar surface area (TPSA) is 64.4 Å². The third-order valence-electron chi connectivity index (χ3n) is 5.77. The Morgan fingerprint density at radius 3 is 2.57 bits per heavy atom. The number of oxazole rings is 1. The summed E-state index contributed by atoms with van der Waals surface area (Å²) in [7, 11) is 0. The van der Waals surface area contributed by atoms with Crippen LogP contribution in [0, 0.1) is 0 Å². The molecule has 0 unspecified atom stereocenters. The quantitative estimate of drug-likeness (QED) is 0.608. The molecule has 5 rings (SSSR count). The maximum absolute atomic E-state index is 13.4. The van der Waals surface area contributed by atoms with Crippen LogP contribution in [0.5, 0.6) is 0 Å². The van der Waals surface area contributed by atoms with Crippen LogP contribution < -0.4 is 5.32 Å². The maximum atomic E-state index is 13.4. The molecule has 1 N–H and O–H groups in total. The molecule has 1 amide bonds. The van der Waals surface area contributed by atoms with E-state index in [9.17, 15) is 4.79 Å². The molecule has 0 bridgehead atoms. The van der Waals surface area contributed by atoms with Crippen LogP contribution >= 0.6 is 15.9 Å². The molecule has 0 radical (unpaired) electrons. The second-order valence-electron chi connectivity index (χ2n) is 7.66. The van der Waals surface area contributed by atoms with Gasteiger partial charge in [-0.2, -0.15) is 0 Å². The van der Waals surface area contributed by atoms with Gasteiger partial charge in [-0.3, -0.25) is 4.79 Å². The number of anilines is 1. The fourth-order valence-electron chi connectivity index (χ4n) is 3.91. The van der Waals surface area contributed by atoms with Gasteiger partial charge in [0.05, 0.1) is 5.41 Å². The number of fused-ring (bicyclic) bond motifs is 1. The summed E-state index contributed by atoms with van der Waals surface area (Å²) >= 11 is 3.48. The van der Waals surface area contributed by atoms with Gasteiger partial charge < -0.3 is 14.5 Å². The second kappa shape index (κ2) is 7.01.